The Bertz CT molecular complexity index is 1060. The average molecular weight is 435 g/mol. The van der Waals surface area contributed by atoms with Crippen molar-refractivity contribution in [3.05, 3.63) is 42.7 Å². The molecular weight excluding hydrogens is 404 g/mol. The van der Waals surface area contributed by atoms with Crippen LogP contribution >= 0.6 is 0 Å². The fraction of sp³-hybridized carbons (Fsp3) is 0.417. The van der Waals surface area contributed by atoms with Gasteiger partial charge in [-0.1, -0.05) is 6.07 Å². The summed E-state index contributed by atoms with van der Waals surface area (Å²) in [6.07, 6.45) is 5.99. The van der Waals surface area contributed by atoms with E-state index in [1.165, 1.54) is 30.8 Å². The summed E-state index contributed by atoms with van der Waals surface area (Å²) in [5.41, 5.74) is 3.44. The summed E-state index contributed by atoms with van der Waals surface area (Å²) < 4.78 is 5.80. The molecule has 0 unspecified atom stereocenters. The summed E-state index contributed by atoms with van der Waals surface area (Å²) >= 11 is 0. The second-order valence-corrected chi connectivity index (χ2v) is 8.38. The smallest absolute Gasteiger partial charge is 0.323 e. The van der Waals surface area contributed by atoms with Crippen molar-refractivity contribution in [2.45, 2.75) is 32.7 Å². The standard InChI is InChI=1S/C24H30N6O2/c1-17(2)27-24(31)29(3)22-16-25-20-8-6-18(14-21(20)28-22)19-7-9-23(26-15-19)32-13-12-30-10-4-5-11-30/h6-9,14-17H,4-5,10-13H2,1-3H3,(H,27,31). The van der Waals surface area contributed by atoms with Crippen LogP contribution in [-0.4, -0.2) is 65.2 Å². The van der Waals surface area contributed by atoms with Crippen molar-refractivity contribution in [2.75, 3.05) is 38.2 Å². The fourth-order valence-corrected chi connectivity index (χ4v) is 3.71. The van der Waals surface area contributed by atoms with Crippen molar-refractivity contribution in [1.82, 2.24) is 25.2 Å². The molecule has 8 nitrogen and oxygen atoms in total. The first kappa shape index (κ1) is 22.0. The molecule has 1 saturated heterocycles. The van der Waals surface area contributed by atoms with Gasteiger partial charge in [-0.05, 0) is 63.5 Å². The molecule has 3 heterocycles. The Hall–Kier alpha value is -3.26. The highest BCUT2D eigenvalue weighted by Crippen LogP contribution is 2.24. The number of rotatable bonds is 7. The first-order chi connectivity index (χ1) is 15.5. The molecule has 0 bridgehead atoms. The third-order valence-corrected chi connectivity index (χ3v) is 5.52. The van der Waals surface area contributed by atoms with Gasteiger partial charge >= 0.3 is 6.03 Å². The number of ether oxygens (including phenoxy) is 1. The molecule has 0 radical (unpaired) electrons. The lowest BCUT2D eigenvalue weighted by Crippen LogP contribution is -2.41. The number of carbonyl (C=O) groups excluding carboxylic acids is 1. The van der Waals surface area contributed by atoms with Gasteiger partial charge in [0.2, 0.25) is 5.88 Å². The molecular formula is C24H30N6O2. The van der Waals surface area contributed by atoms with E-state index in [0.29, 0.717) is 18.3 Å². The minimum atomic E-state index is -0.214. The van der Waals surface area contributed by atoms with Crippen LogP contribution < -0.4 is 15.0 Å². The Morgan fingerprint density at radius 3 is 2.59 bits per heavy atom. The van der Waals surface area contributed by atoms with E-state index >= 15 is 0 Å². The van der Waals surface area contributed by atoms with Gasteiger partial charge in [-0.15, -0.1) is 0 Å². The first-order valence-corrected chi connectivity index (χ1v) is 11.1. The normalized spacial score (nSPS) is 14.1. The summed E-state index contributed by atoms with van der Waals surface area (Å²) in [6, 6.07) is 9.62. The van der Waals surface area contributed by atoms with Gasteiger partial charge in [0, 0.05) is 37.5 Å². The molecule has 1 aromatic carbocycles. The highest BCUT2D eigenvalue weighted by atomic mass is 16.5. The van der Waals surface area contributed by atoms with Crippen molar-refractivity contribution < 1.29 is 9.53 Å². The molecule has 1 fully saturated rings. The SMILES string of the molecule is CC(C)NC(=O)N(C)c1cnc2ccc(-c3ccc(OCCN4CCCC4)nc3)cc2n1. The van der Waals surface area contributed by atoms with Crippen molar-refractivity contribution in [2.24, 2.45) is 0 Å². The van der Waals surface area contributed by atoms with Gasteiger partial charge in [0.05, 0.1) is 17.2 Å². The topological polar surface area (TPSA) is 83.5 Å². The predicted octanol–water partition coefficient (Wildman–Crippen LogP) is 3.72. The highest BCUT2D eigenvalue weighted by Gasteiger charge is 2.14. The lowest BCUT2D eigenvalue weighted by atomic mass is 10.1. The lowest BCUT2D eigenvalue weighted by Gasteiger charge is -2.18. The van der Waals surface area contributed by atoms with Crippen LogP contribution in [0.5, 0.6) is 5.88 Å². The van der Waals surface area contributed by atoms with Gasteiger partial charge in [-0.2, -0.15) is 0 Å². The van der Waals surface area contributed by atoms with E-state index in [1.807, 2.05) is 50.4 Å². The monoisotopic (exact) mass is 434 g/mol. The number of anilines is 1. The molecule has 0 saturated carbocycles. The average Bonchev–Trinajstić information content (AvgIpc) is 3.31. The number of benzene rings is 1. The molecule has 1 aliphatic heterocycles. The number of nitrogens with one attached hydrogen (secondary N) is 1. The maximum absolute atomic E-state index is 12.3. The van der Waals surface area contributed by atoms with Crippen LogP contribution in [0.4, 0.5) is 10.6 Å². The maximum atomic E-state index is 12.3. The molecule has 4 rings (SSSR count). The van der Waals surface area contributed by atoms with Crippen molar-refractivity contribution in [3.63, 3.8) is 0 Å². The van der Waals surface area contributed by atoms with Gasteiger partial charge in [0.1, 0.15) is 6.61 Å². The number of likely N-dealkylation sites (tertiary alicyclic amines) is 1. The van der Waals surface area contributed by atoms with E-state index < -0.39 is 0 Å². The number of carbonyl (C=O) groups is 1. The summed E-state index contributed by atoms with van der Waals surface area (Å²) in [4.78, 5) is 29.7. The summed E-state index contributed by atoms with van der Waals surface area (Å²) in [7, 11) is 1.68. The number of aromatic nitrogens is 3. The van der Waals surface area contributed by atoms with E-state index in [1.54, 1.807) is 13.2 Å². The van der Waals surface area contributed by atoms with Crippen LogP contribution in [0, 0.1) is 0 Å². The molecule has 0 spiro atoms. The number of fused-ring (bicyclic) bond motifs is 1. The zero-order valence-corrected chi connectivity index (χ0v) is 18.9. The molecule has 1 N–H and O–H groups in total. The molecule has 3 aromatic rings. The zero-order valence-electron chi connectivity index (χ0n) is 18.9. The zero-order chi connectivity index (χ0) is 22.5. The molecule has 2 amide bonds. The Morgan fingerprint density at radius 1 is 1.09 bits per heavy atom. The van der Waals surface area contributed by atoms with E-state index in [-0.39, 0.29) is 12.1 Å². The second kappa shape index (κ2) is 9.91. The quantitative estimate of drug-likeness (QED) is 0.610. The van der Waals surface area contributed by atoms with Crippen LogP contribution in [0.15, 0.2) is 42.7 Å². The Labute approximate surface area is 188 Å². The Balaban J connectivity index is 1.45. The fourth-order valence-electron chi connectivity index (χ4n) is 3.71. The van der Waals surface area contributed by atoms with Gasteiger partial charge in [-0.3, -0.25) is 14.8 Å². The predicted molar refractivity (Wildman–Crippen MR) is 126 cm³/mol. The largest absolute Gasteiger partial charge is 0.476 e. The number of nitrogens with zero attached hydrogens (tertiary/aromatic N) is 5. The molecule has 2 aromatic heterocycles. The summed E-state index contributed by atoms with van der Waals surface area (Å²) in [5.74, 6) is 1.13. The molecule has 1 aliphatic rings. The van der Waals surface area contributed by atoms with E-state index in [9.17, 15) is 4.79 Å². The second-order valence-electron chi connectivity index (χ2n) is 8.38. The third kappa shape index (κ3) is 5.31. The number of pyridine rings is 1. The van der Waals surface area contributed by atoms with E-state index in [4.69, 9.17) is 4.74 Å². The minimum Gasteiger partial charge on any atom is -0.476 e. The number of hydrogen-bond donors (Lipinski definition) is 1. The molecule has 0 aliphatic carbocycles. The van der Waals surface area contributed by atoms with Crippen LogP contribution in [0.3, 0.4) is 0 Å². The summed E-state index contributed by atoms with van der Waals surface area (Å²) in [5, 5.41) is 2.86. The Morgan fingerprint density at radius 2 is 1.88 bits per heavy atom. The van der Waals surface area contributed by atoms with Crippen molar-refractivity contribution >= 4 is 22.9 Å². The van der Waals surface area contributed by atoms with Crippen LogP contribution in [0.25, 0.3) is 22.2 Å². The van der Waals surface area contributed by atoms with Crippen molar-refractivity contribution in [3.8, 4) is 17.0 Å². The molecule has 8 heteroatoms. The van der Waals surface area contributed by atoms with E-state index in [0.717, 1.165) is 28.7 Å². The number of urea groups is 1. The van der Waals surface area contributed by atoms with Crippen LogP contribution in [-0.2, 0) is 0 Å². The Kier molecular flexibility index (Phi) is 6.80. The van der Waals surface area contributed by atoms with Crippen LogP contribution in [0.1, 0.15) is 26.7 Å². The molecule has 32 heavy (non-hydrogen) atoms. The van der Waals surface area contributed by atoms with E-state index in [2.05, 4.69) is 25.2 Å². The molecule has 168 valence electrons. The first-order valence-electron chi connectivity index (χ1n) is 11.1. The molecule has 0 atom stereocenters. The number of hydrogen-bond acceptors (Lipinski definition) is 6. The lowest BCUT2D eigenvalue weighted by molar-refractivity contribution is 0.232. The minimum absolute atomic E-state index is 0.0460. The summed E-state index contributed by atoms with van der Waals surface area (Å²) in [6.45, 7) is 7.77. The van der Waals surface area contributed by atoms with Gasteiger partial charge in [0.25, 0.3) is 0 Å². The van der Waals surface area contributed by atoms with Crippen molar-refractivity contribution in [1.29, 1.82) is 0 Å². The van der Waals surface area contributed by atoms with Gasteiger partial charge in [0.15, 0.2) is 5.82 Å². The third-order valence-electron chi connectivity index (χ3n) is 5.52. The van der Waals surface area contributed by atoms with Crippen LogP contribution in [0.2, 0.25) is 0 Å². The van der Waals surface area contributed by atoms with Gasteiger partial charge in [-0.25, -0.2) is 14.8 Å². The van der Waals surface area contributed by atoms with Gasteiger partial charge < -0.3 is 10.1 Å². The number of amides is 2. The highest BCUT2D eigenvalue weighted by molar-refractivity contribution is 5.91. The maximum Gasteiger partial charge on any atom is 0.323 e.